The zero-order valence-corrected chi connectivity index (χ0v) is 6.97. The zero-order valence-electron chi connectivity index (χ0n) is 6.97. The molecule has 0 aromatic heterocycles. The van der Waals surface area contributed by atoms with E-state index in [0.29, 0.717) is 6.61 Å². The third-order valence-electron chi connectivity index (χ3n) is 3.31. The van der Waals surface area contributed by atoms with E-state index in [9.17, 15) is 5.11 Å². The predicted molar refractivity (Wildman–Crippen MR) is 44.3 cm³/mol. The van der Waals surface area contributed by atoms with E-state index in [-0.39, 0.29) is 5.41 Å². The summed E-state index contributed by atoms with van der Waals surface area (Å²) >= 11 is 0. The number of piperidine rings is 1. The lowest BCUT2D eigenvalue weighted by atomic mass is 9.68. The molecule has 2 fully saturated rings. The molecule has 0 spiro atoms. The summed E-state index contributed by atoms with van der Waals surface area (Å²) < 4.78 is 0. The quantitative estimate of drug-likeness (QED) is 0.586. The first-order chi connectivity index (χ1) is 5.35. The molecule has 0 radical (unpaired) electrons. The standard InChI is InChI=1S/C9H17NO/c11-7-9-3-1-2-8(4-9)5-10-6-9/h8,10-11H,1-7H2. The molecule has 2 bridgehead atoms. The Kier molecular flexibility index (Phi) is 1.90. The van der Waals surface area contributed by atoms with E-state index >= 15 is 0 Å². The maximum absolute atomic E-state index is 9.25. The molecule has 1 aliphatic heterocycles. The lowest BCUT2D eigenvalue weighted by Gasteiger charge is -2.44. The van der Waals surface area contributed by atoms with Gasteiger partial charge in [-0.1, -0.05) is 6.42 Å². The summed E-state index contributed by atoms with van der Waals surface area (Å²) in [6.07, 6.45) is 5.19. The first-order valence-corrected chi connectivity index (χ1v) is 4.66. The maximum atomic E-state index is 9.25. The SMILES string of the molecule is OCC12CCCC(CNC1)C2. The van der Waals surface area contributed by atoms with Gasteiger partial charge in [-0.25, -0.2) is 0 Å². The van der Waals surface area contributed by atoms with Crippen LogP contribution in [0.3, 0.4) is 0 Å². The molecule has 0 amide bonds. The molecule has 2 heteroatoms. The van der Waals surface area contributed by atoms with Crippen LogP contribution in [0.4, 0.5) is 0 Å². The van der Waals surface area contributed by atoms with Crippen molar-refractivity contribution in [3.63, 3.8) is 0 Å². The third kappa shape index (κ3) is 1.30. The lowest BCUT2D eigenvalue weighted by molar-refractivity contribution is 0.0319. The summed E-state index contributed by atoms with van der Waals surface area (Å²) in [6.45, 7) is 2.61. The van der Waals surface area contributed by atoms with Crippen LogP contribution in [0.15, 0.2) is 0 Å². The van der Waals surface area contributed by atoms with Crippen LogP contribution in [0.25, 0.3) is 0 Å². The summed E-state index contributed by atoms with van der Waals surface area (Å²) in [6, 6.07) is 0. The van der Waals surface area contributed by atoms with Gasteiger partial charge in [0.25, 0.3) is 0 Å². The topological polar surface area (TPSA) is 32.3 Å². The number of nitrogens with one attached hydrogen (secondary N) is 1. The van der Waals surface area contributed by atoms with Gasteiger partial charge in [0.1, 0.15) is 0 Å². The van der Waals surface area contributed by atoms with Crippen LogP contribution < -0.4 is 5.32 Å². The summed E-state index contributed by atoms with van der Waals surface area (Å²) in [7, 11) is 0. The first-order valence-electron chi connectivity index (χ1n) is 4.66. The van der Waals surface area contributed by atoms with Gasteiger partial charge < -0.3 is 10.4 Å². The van der Waals surface area contributed by atoms with Crippen LogP contribution in [0, 0.1) is 11.3 Å². The summed E-state index contributed by atoms with van der Waals surface area (Å²) in [5.74, 6) is 0.852. The monoisotopic (exact) mass is 155 g/mol. The lowest BCUT2D eigenvalue weighted by Crippen LogP contribution is -2.48. The van der Waals surface area contributed by atoms with E-state index in [1.54, 1.807) is 0 Å². The van der Waals surface area contributed by atoms with Crippen molar-refractivity contribution in [3.05, 3.63) is 0 Å². The Hall–Kier alpha value is -0.0800. The van der Waals surface area contributed by atoms with Gasteiger partial charge in [-0.2, -0.15) is 0 Å². The van der Waals surface area contributed by atoms with Crippen molar-refractivity contribution in [1.29, 1.82) is 0 Å². The second-order valence-electron chi connectivity index (χ2n) is 4.25. The Bertz CT molecular complexity index is 136. The van der Waals surface area contributed by atoms with Crippen molar-refractivity contribution in [2.45, 2.75) is 25.7 Å². The minimum Gasteiger partial charge on any atom is -0.396 e. The van der Waals surface area contributed by atoms with E-state index in [2.05, 4.69) is 5.32 Å². The highest BCUT2D eigenvalue weighted by molar-refractivity contribution is 4.92. The molecular weight excluding hydrogens is 138 g/mol. The fourth-order valence-corrected chi connectivity index (χ4v) is 2.66. The van der Waals surface area contributed by atoms with Crippen LogP contribution in [0.1, 0.15) is 25.7 Å². The molecular formula is C9H17NO. The highest BCUT2D eigenvalue weighted by Crippen LogP contribution is 2.40. The van der Waals surface area contributed by atoms with Gasteiger partial charge in [0.05, 0.1) is 0 Å². The average Bonchev–Trinajstić information content (AvgIpc) is 2.05. The van der Waals surface area contributed by atoms with Crippen molar-refractivity contribution in [3.8, 4) is 0 Å². The molecule has 2 N–H and O–H groups in total. The van der Waals surface area contributed by atoms with Gasteiger partial charge in [0.2, 0.25) is 0 Å². The Morgan fingerprint density at radius 2 is 2.45 bits per heavy atom. The van der Waals surface area contributed by atoms with Crippen molar-refractivity contribution >= 4 is 0 Å². The van der Waals surface area contributed by atoms with Crippen LogP contribution in [0.2, 0.25) is 0 Å². The van der Waals surface area contributed by atoms with E-state index < -0.39 is 0 Å². The molecule has 2 nitrogen and oxygen atoms in total. The zero-order chi connectivity index (χ0) is 7.73. The molecule has 64 valence electrons. The van der Waals surface area contributed by atoms with E-state index in [1.807, 2.05) is 0 Å². The van der Waals surface area contributed by atoms with Gasteiger partial charge >= 0.3 is 0 Å². The van der Waals surface area contributed by atoms with Gasteiger partial charge in [-0.05, 0) is 31.7 Å². The van der Waals surface area contributed by atoms with Gasteiger partial charge in [-0.15, -0.1) is 0 Å². The van der Waals surface area contributed by atoms with Crippen LogP contribution in [-0.4, -0.2) is 24.8 Å². The number of hydrogen-bond acceptors (Lipinski definition) is 2. The summed E-state index contributed by atoms with van der Waals surface area (Å²) in [4.78, 5) is 0. The molecule has 1 aliphatic carbocycles. The highest BCUT2D eigenvalue weighted by Gasteiger charge is 2.38. The minimum absolute atomic E-state index is 0.265. The molecule has 2 aliphatic rings. The Labute approximate surface area is 68.0 Å². The van der Waals surface area contributed by atoms with Crippen molar-refractivity contribution in [1.82, 2.24) is 5.32 Å². The molecule has 1 saturated heterocycles. The molecule has 2 unspecified atom stereocenters. The van der Waals surface area contributed by atoms with Crippen LogP contribution in [0.5, 0.6) is 0 Å². The molecule has 0 aromatic rings. The van der Waals surface area contributed by atoms with Crippen LogP contribution >= 0.6 is 0 Å². The summed E-state index contributed by atoms with van der Waals surface area (Å²) in [5, 5.41) is 12.7. The van der Waals surface area contributed by atoms with Crippen molar-refractivity contribution in [2.24, 2.45) is 11.3 Å². The maximum Gasteiger partial charge on any atom is 0.0499 e. The van der Waals surface area contributed by atoms with E-state index in [1.165, 1.54) is 32.2 Å². The van der Waals surface area contributed by atoms with Gasteiger partial charge in [0.15, 0.2) is 0 Å². The fourth-order valence-electron chi connectivity index (χ4n) is 2.66. The molecule has 11 heavy (non-hydrogen) atoms. The first kappa shape index (κ1) is 7.56. The van der Waals surface area contributed by atoms with Crippen molar-refractivity contribution in [2.75, 3.05) is 19.7 Å². The average molecular weight is 155 g/mol. The fraction of sp³-hybridized carbons (Fsp3) is 1.00. The van der Waals surface area contributed by atoms with Crippen molar-refractivity contribution < 1.29 is 5.11 Å². The Balaban J connectivity index is 2.07. The van der Waals surface area contributed by atoms with E-state index in [0.717, 1.165) is 12.5 Å². The van der Waals surface area contributed by atoms with Gasteiger partial charge in [-0.3, -0.25) is 0 Å². The third-order valence-corrected chi connectivity index (χ3v) is 3.31. The Morgan fingerprint density at radius 3 is 3.18 bits per heavy atom. The molecule has 2 rings (SSSR count). The summed E-state index contributed by atoms with van der Waals surface area (Å²) in [5.41, 5.74) is 0.265. The second kappa shape index (κ2) is 2.76. The van der Waals surface area contributed by atoms with E-state index in [4.69, 9.17) is 0 Å². The highest BCUT2D eigenvalue weighted by atomic mass is 16.3. The number of fused-ring (bicyclic) bond motifs is 2. The number of rotatable bonds is 1. The van der Waals surface area contributed by atoms with Crippen LogP contribution in [-0.2, 0) is 0 Å². The predicted octanol–water partition coefficient (Wildman–Crippen LogP) is 0.758. The number of aliphatic hydroxyl groups is 1. The minimum atomic E-state index is 0.265. The molecule has 1 saturated carbocycles. The largest absolute Gasteiger partial charge is 0.396 e. The van der Waals surface area contributed by atoms with Gasteiger partial charge in [0, 0.05) is 18.6 Å². The number of aliphatic hydroxyl groups excluding tert-OH is 1. The molecule has 2 atom stereocenters. The smallest absolute Gasteiger partial charge is 0.0499 e. The normalized spacial score (nSPS) is 43.9. The molecule has 1 heterocycles. The molecule has 0 aromatic carbocycles. The Morgan fingerprint density at radius 1 is 1.55 bits per heavy atom. The number of hydrogen-bond donors (Lipinski definition) is 2. The second-order valence-corrected chi connectivity index (χ2v) is 4.25.